The van der Waals surface area contributed by atoms with Crippen LogP contribution in [-0.4, -0.2) is 40.4 Å². The molecule has 0 saturated heterocycles. The summed E-state index contributed by atoms with van der Waals surface area (Å²) in [5, 5.41) is 7.45. The van der Waals surface area contributed by atoms with Gasteiger partial charge in [0.1, 0.15) is 6.61 Å². The molecule has 2 N–H and O–H groups in total. The highest BCUT2D eigenvalue weighted by Crippen LogP contribution is 2.14. The number of nitrogens with two attached hydrogens (primary N) is 1. The predicted molar refractivity (Wildman–Crippen MR) is 49.6 cm³/mol. The number of hydrogen-bond acceptors (Lipinski definition) is 4. The minimum absolute atomic E-state index is 0.157. The van der Waals surface area contributed by atoms with E-state index >= 15 is 0 Å². The van der Waals surface area contributed by atoms with Gasteiger partial charge in [0.15, 0.2) is 0 Å². The van der Waals surface area contributed by atoms with Gasteiger partial charge in [-0.2, -0.15) is 13.2 Å². The fourth-order valence-corrected chi connectivity index (χ4v) is 1.14. The average Bonchev–Trinajstić information content (AvgIpc) is 2.48. The second-order valence-electron chi connectivity index (χ2n) is 3.48. The molecule has 16 heavy (non-hydrogen) atoms. The molecule has 8 heteroatoms. The van der Waals surface area contributed by atoms with Gasteiger partial charge >= 0.3 is 6.18 Å². The monoisotopic (exact) mass is 238 g/mol. The van der Waals surface area contributed by atoms with E-state index in [-0.39, 0.29) is 6.61 Å². The van der Waals surface area contributed by atoms with Gasteiger partial charge < -0.3 is 10.5 Å². The van der Waals surface area contributed by atoms with E-state index in [0.29, 0.717) is 12.1 Å². The number of halogens is 3. The maximum atomic E-state index is 11.7. The second kappa shape index (κ2) is 5.26. The first-order valence-corrected chi connectivity index (χ1v) is 4.62. The van der Waals surface area contributed by atoms with Crippen LogP contribution >= 0.6 is 0 Å². The third-order valence-corrected chi connectivity index (χ3v) is 1.72. The molecule has 1 atom stereocenters. The Morgan fingerprint density at radius 3 is 2.75 bits per heavy atom. The number of nitrogens with zero attached hydrogens (tertiary/aromatic N) is 3. The second-order valence-corrected chi connectivity index (χ2v) is 3.48. The van der Waals surface area contributed by atoms with Crippen molar-refractivity contribution in [2.75, 3.05) is 13.2 Å². The molecular formula is C8H13F3N4O. The quantitative estimate of drug-likeness (QED) is 0.799. The van der Waals surface area contributed by atoms with Crippen molar-refractivity contribution in [1.82, 2.24) is 15.0 Å². The van der Waals surface area contributed by atoms with Gasteiger partial charge in [0.25, 0.3) is 0 Å². The zero-order chi connectivity index (χ0) is 12.2. The van der Waals surface area contributed by atoms with E-state index in [1.807, 2.05) is 0 Å². The Balaban J connectivity index is 2.23. The average molecular weight is 238 g/mol. The number of aryl methyl sites for hydroxylation is 1. The fraction of sp³-hybridized carbons (Fsp3) is 0.750. The highest BCUT2D eigenvalue weighted by Gasteiger charge is 2.27. The van der Waals surface area contributed by atoms with E-state index in [9.17, 15) is 13.2 Å². The van der Waals surface area contributed by atoms with Crippen LogP contribution in [0.4, 0.5) is 13.2 Å². The molecule has 0 aliphatic rings. The maximum Gasteiger partial charge on any atom is 0.411 e. The van der Waals surface area contributed by atoms with Gasteiger partial charge in [0.2, 0.25) is 0 Å². The summed E-state index contributed by atoms with van der Waals surface area (Å²) in [6.07, 6.45) is -2.32. The van der Waals surface area contributed by atoms with Crippen LogP contribution in [0.15, 0.2) is 6.20 Å². The molecule has 0 aliphatic heterocycles. The minimum Gasteiger partial charge on any atom is -0.370 e. The lowest BCUT2D eigenvalue weighted by molar-refractivity contribution is -0.174. The van der Waals surface area contributed by atoms with Gasteiger partial charge in [-0.05, 0) is 0 Å². The van der Waals surface area contributed by atoms with Crippen LogP contribution in [0.3, 0.4) is 0 Å². The molecule has 0 amide bonds. The highest BCUT2D eigenvalue weighted by molar-refractivity contribution is 4.94. The number of aromatic nitrogens is 3. The van der Waals surface area contributed by atoms with E-state index in [1.54, 1.807) is 13.2 Å². The highest BCUT2D eigenvalue weighted by atomic mass is 19.4. The summed E-state index contributed by atoms with van der Waals surface area (Å²) >= 11 is 0. The normalized spacial score (nSPS) is 14.1. The molecule has 0 bridgehead atoms. The lowest BCUT2D eigenvalue weighted by Gasteiger charge is -2.11. The molecule has 0 fully saturated rings. The Morgan fingerprint density at radius 2 is 2.25 bits per heavy atom. The Labute approximate surface area is 90.4 Å². The lowest BCUT2D eigenvalue weighted by Crippen LogP contribution is -2.31. The van der Waals surface area contributed by atoms with Gasteiger partial charge in [-0.25, -0.2) is 0 Å². The first-order chi connectivity index (χ1) is 7.37. The van der Waals surface area contributed by atoms with Crippen molar-refractivity contribution >= 4 is 0 Å². The van der Waals surface area contributed by atoms with E-state index in [1.165, 1.54) is 4.68 Å². The van der Waals surface area contributed by atoms with Crippen molar-refractivity contribution < 1.29 is 17.9 Å². The smallest absolute Gasteiger partial charge is 0.370 e. The number of rotatable bonds is 5. The first kappa shape index (κ1) is 12.9. The molecule has 1 aromatic rings. The Kier molecular flexibility index (Phi) is 4.25. The largest absolute Gasteiger partial charge is 0.411 e. The van der Waals surface area contributed by atoms with Crippen molar-refractivity contribution in [3.8, 4) is 0 Å². The van der Waals surface area contributed by atoms with Gasteiger partial charge in [-0.1, -0.05) is 5.21 Å². The molecule has 5 nitrogen and oxygen atoms in total. The number of ether oxygens (including phenoxy) is 1. The van der Waals surface area contributed by atoms with Crippen LogP contribution < -0.4 is 5.73 Å². The zero-order valence-corrected chi connectivity index (χ0v) is 8.74. The molecule has 0 saturated carbocycles. The summed E-state index contributed by atoms with van der Waals surface area (Å²) in [6, 6.07) is -0.515. The molecule has 0 aliphatic carbocycles. The van der Waals surface area contributed by atoms with Gasteiger partial charge in [0, 0.05) is 25.7 Å². The van der Waals surface area contributed by atoms with E-state index in [4.69, 9.17) is 5.73 Å². The summed E-state index contributed by atoms with van der Waals surface area (Å²) < 4.78 is 41.2. The third kappa shape index (κ3) is 5.08. The van der Waals surface area contributed by atoms with Gasteiger partial charge in [-0.3, -0.25) is 4.68 Å². The van der Waals surface area contributed by atoms with Crippen molar-refractivity contribution in [3.63, 3.8) is 0 Å². The van der Waals surface area contributed by atoms with Crippen molar-refractivity contribution in [2.24, 2.45) is 12.8 Å². The van der Waals surface area contributed by atoms with Crippen molar-refractivity contribution in [1.29, 1.82) is 0 Å². The van der Waals surface area contributed by atoms with Crippen LogP contribution in [0.5, 0.6) is 0 Å². The standard InChI is InChI=1S/C8H13F3N4O/c1-15-3-7(13-14-15)2-6(12)4-16-5-8(9,10)11/h3,6H,2,4-5,12H2,1H3. The number of hydrogen-bond donors (Lipinski definition) is 1. The van der Waals surface area contributed by atoms with E-state index in [2.05, 4.69) is 15.0 Å². The lowest BCUT2D eigenvalue weighted by atomic mass is 10.2. The summed E-state index contributed by atoms with van der Waals surface area (Å²) in [5.41, 5.74) is 6.21. The predicted octanol–water partition coefficient (Wildman–Crippen LogP) is 0.264. The molecule has 0 aromatic carbocycles. The van der Waals surface area contributed by atoms with Crippen molar-refractivity contribution in [3.05, 3.63) is 11.9 Å². The summed E-state index contributed by atoms with van der Waals surface area (Å²) in [4.78, 5) is 0. The molecular weight excluding hydrogens is 225 g/mol. The molecule has 1 heterocycles. The third-order valence-electron chi connectivity index (χ3n) is 1.72. The van der Waals surface area contributed by atoms with Crippen LogP contribution in [0, 0.1) is 0 Å². The SMILES string of the molecule is Cn1cc(CC(N)COCC(F)(F)F)nn1. The van der Waals surface area contributed by atoms with E-state index < -0.39 is 18.8 Å². The Hall–Kier alpha value is -1.15. The molecule has 1 aromatic heterocycles. The van der Waals surface area contributed by atoms with Crippen LogP contribution in [0.25, 0.3) is 0 Å². The summed E-state index contributed by atoms with van der Waals surface area (Å²) in [7, 11) is 1.70. The van der Waals surface area contributed by atoms with E-state index in [0.717, 1.165) is 0 Å². The summed E-state index contributed by atoms with van der Waals surface area (Å²) in [5.74, 6) is 0. The molecule has 1 unspecified atom stereocenters. The number of alkyl halides is 3. The minimum atomic E-state index is -4.31. The summed E-state index contributed by atoms with van der Waals surface area (Å²) in [6.45, 7) is -1.43. The van der Waals surface area contributed by atoms with Crippen LogP contribution in [-0.2, 0) is 18.2 Å². The molecule has 92 valence electrons. The van der Waals surface area contributed by atoms with Gasteiger partial charge in [0.05, 0.1) is 12.3 Å². The maximum absolute atomic E-state index is 11.7. The molecule has 0 radical (unpaired) electrons. The van der Waals surface area contributed by atoms with Crippen LogP contribution in [0.2, 0.25) is 0 Å². The zero-order valence-electron chi connectivity index (χ0n) is 8.74. The molecule has 1 rings (SSSR count). The Morgan fingerprint density at radius 1 is 1.56 bits per heavy atom. The molecule has 0 spiro atoms. The Bertz CT molecular complexity index is 325. The topological polar surface area (TPSA) is 66.0 Å². The van der Waals surface area contributed by atoms with Crippen LogP contribution in [0.1, 0.15) is 5.69 Å². The fourth-order valence-electron chi connectivity index (χ4n) is 1.14. The first-order valence-electron chi connectivity index (χ1n) is 4.62. The van der Waals surface area contributed by atoms with Crippen molar-refractivity contribution in [2.45, 2.75) is 18.6 Å². The van der Waals surface area contributed by atoms with Gasteiger partial charge in [-0.15, -0.1) is 5.10 Å².